The second-order valence-corrected chi connectivity index (χ2v) is 14.9. The van der Waals surface area contributed by atoms with Gasteiger partial charge in [-0.25, -0.2) is 24.1 Å². The molecule has 7 heterocycles. The lowest BCUT2D eigenvalue weighted by molar-refractivity contribution is -0.132. The van der Waals surface area contributed by atoms with Gasteiger partial charge >= 0.3 is 6.03 Å². The number of anilines is 6. The van der Waals surface area contributed by atoms with Crippen molar-refractivity contribution < 1.29 is 23.5 Å². The van der Waals surface area contributed by atoms with Crippen molar-refractivity contribution in [2.24, 2.45) is 0 Å². The minimum atomic E-state index is -0.448. The van der Waals surface area contributed by atoms with Crippen LogP contribution < -0.4 is 35.4 Å². The van der Waals surface area contributed by atoms with Crippen molar-refractivity contribution in [3.63, 3.8) is 0 Å². The van der Waals surface area contributed by atoms with Gasteiger partial charge in [0.1, 0.15) is 18.1 Å². The maximum Gasteiger partial charge on any atom is 0.328 e. The smallest absolute Gasteiger partial charge is 0.328 e. The molecule has 16 heteroatoms. The summed E-state index contributed by atoms with van der Waals surface area (Å²) in [5.74, 6) is 0.246. The second kappa shape index (κ2) is 14.9. The summed E-state index contributed by atoms with van der Waals surface area (Å²) in [5, 5.41) is 8.92. The van der Waals surface area contributed by atoms with Crippen molar-refractivity contribution in [2.75, 3.05) is 90.8 Å². The van der Waals surface area contributed by atoms with Crippen molar-refractivity contribution >= 4 is 52.2 Å². The standard InChI is InChI=1S/C40H44FN11O4/c1-25-34(21-43-38-37(25)42-10-17-56-38)50-11-8-27-20-44-39(46-33(27)24-50)45-28-3-2-26(32(41)19-28)18-36(54)49-15-13-48(14-16-49)31-22-51(23-31)29-4-6-30(7-5-29)52-12-9-35(53)47-40(52)55/h2-7,19-21,31,42H,8-18,22-24H2,1H3,(H,44,45,46)(H,47,53,55). The van der Waals surface area contributed by atoms with Gasteiger partial charge in [-0.3, -0.25) is 24.7 Å². The van der Waals surface area contributed by atoms with Crippen LogP contribution in [-0.2, 0) is 29.0 Å². The molecule has 56 heavy (non-hydrogen) atoms. The zero-order chi connectivity index (χ0) is 38.3. The van der Waals surface area contributed by atoms with Crippen LogP contribution >= 0.6 is 0 Å². The number of aromatic nitrogens is 3. The molecule has 0 aliphatic carbocycles. The molecule has 9 rings (SSSR count). The monoisotopic (exact) mass is 761 g/mol. The molecule has 5 aliphatic rings. The number of nitrogens with one attached hydrogen (secondary N) is 3. The molecule has 0 unspecified atom stereocenters. The van der Waals surface area contributed by atoms with Gasteiger partial charge in [-0.1, -0.05) is 6.07 Å². The first-order chi connectivity index (χ1) is 27.3. The molecule has 0 spiro atoms. The molecule has 5 aliphatic heterocycles. The van der Waals surface area contributed by atoms with Gasteiger partial charge in [0.25, 0.3) is 0 Å². The Balaban J connectivity index is 0.747. The van der Waals surface area contributed by atoms with Gasteiger partial charge in [-0.15, -0.1) is 0 Å². The first kappa shape index (κ1) is 35.7. The van der Waals surface area contributed by atoms with Crippen LogP contribution in [0.3, 0.4) is 0 Å². The SMILES string of the molecule is Cc1c(N2CCc3cnc(Nc4ccc(CC(=O)N5CCN(C6CN(c7ccc(N8CCC(=O)NC8=O)cc7)C6)CC5)c(F)c4)nc3C2)cnc2c1NCCO2. The molecule has 2 aromatic heterocycles. The van der Waals surface area contributed by atoms with Gasteiger partial charge in [-0.05, 0) is 60.9 Å². The van der Waals surface area contributed by atoms with E-state index in [1.165, 1.54) is 6.07 Å². The van der Waals surface area contributed by atoms with Gasteiger partial charge in [0, 0.05) is 100 Å². The highest BCUT2D eigenvalue weighted by Crippen LogP contribution is 2.36. The van der Waals surface area contributed by atoms with Crippen LogP contribution in [0.5, 0.6) is 5.88 Å². The fourth-order valence-electron chi connectivity index (χ4n) is 8.16. The maximum absolute atomic E-state index is 15.4. The highest BCUT2D eigenvalue weighted by atomic mass is 19.1. The summed E-state index contributed by atoms with van der Waals surface area (Å²) in [6.07, 6.45) is 4.79. The number of ether oxygens (including phenoxy) is 1. The van der Waals surface area contributed by atoms with E-state index in [0.29, 0.717) is 68.3 Å². The van der Waals surface area contributed by atoms with E-state index in [4.69, 9.17) is 9.72 Å². The Kier molecular flexibility index (Phi) is 9.49. The summed E-state index contributed by atoms with van der Waals surface area (Å²) in [7, 11) is 0. The second-order valence-electron chi connectivity index (χ2n) is 14.9. The third-order valence-corrected chi connectivity index (χ3v) is 11.5. The third-order valence-electron chi connectivity index (χ3n) is 11.5. The van der Waals surface area contributed by atoms with E-state index in [2.05, 4.69) is 47.5 Å². The summed E-state index contributed by atoms with van der Waals surface area (Å²) >= 11 is 0. The van der Waals surface area contributed by atoms with E-state index in [1.807, 2.05) is 41.6 Å². The molecule has 2 aromatic carbocycles. The molecular weight excluding hydrogens is 718 g/mol. The van der Waals surface area contributed by atoms with E-state index in [-0.39, 0.29) is 24.3 Å². The number of carbonyl (C=O) groups is 3. The Hall–Kier alpha value is -6.03. The van der Waals surface area contributed by atoms with Crippen LogP contribution in [0.15, 0.2) is 54.9 Å². The Morgan fingerprint density at radius 3 is 2.54 bits per heavy atom. The van der Waals surface area contributed by atoms with Crippen LogP contribution in [0.1, 0.15) is 28.8 Å². The number of halogens is 1. The van der Waals surface area contributed by atoms with Crippen molar-refractivity contribution in [1.82, 2.24) is 30.1 Å². The van der Waals surface area contributed by atoms with Crippen molar-refractivity contribution in [2.45, 2.75) is 38.8 Å². The minimum Gasteiger partial charge on any atom is -0.474 e. The summed E-state index contributed by atoms with van der Waals surface area (Å²) in [5.41, 5.74) is 7.77. The van der Waals surface area contributed by atoms with Gasteiger partial charge in [-0.2, -0.15) is 0 Å². The summed E-state index contributed by atoms with van der Waals surface area (Å²) in [6, 6.07) is 12.7. The fraction of sp³-hybridized carbons (Fsp3) is 0.400. The average Bonchev–Trinajstić information content (AvgIpc) is 3.19. The molecule has 4 aromatic rings. The zero-order valence-electron chi connectivity index (χ0n) is 31.3. The molecule has 0 saturated carbocycles. The number of hydrogen-bond donors (Lipinski definition) is 3. The van der Waals surface area contributed by atoms with Gasteiger partial charge in [0.2, 0.25) is 23.6 Å². The van der Waals surface area contributed by atoms with Crippen LogP contribution in [0.25, 0.3) is 0 Å². The zero-order valence-corrected chi connectivity index (χ0v) is 31.3. The fourth-order valence-corrected chi connectivity index (χ4v) is 8.16. The normalized spacial score (nSPS) is 18.7. The molecular formula is C40H44FN11O4. The lowest BCUT2D eigenvalue weighted by Gasteiger charge is -2.49. The van der Waals surface area contributed by atoms with Crippen LogP contribution in [0.2, 0.25) is 0 Å². The van der Waals surface area contributed by atoms with E-state index in [0.717, 1.165) is 85.3 Å². The number of nitrogens with zero attached hydrogens (tertiary/aromatic N) is 8. The Bertz CT molecular complexity index is 2170. The average molecular weight is 762 g/mol. The molecule has 3 saturated heterocycles. The lowest BCUT2D eigenvalue weighted by Crippen LogP contribution is -2.63. The lowest BCUT2D eigenvalue weighted by atomic mass is 10.0. The number of hydrogen-bond acceptors (Lipinski definition) is 12. The van der Waals surface area contributed by atoms with Crippen molar-refractivity contribution in [1.29, 1.82) is 0 Å². The highest BCUT2D eigenvalue weighted by Gasteiger charge is 2.35. The van der Waals surface area contributed by atoms with Gasteiger partial charge in [0.05, 0.1) is 30.5 Å². The van der Waals surface area contributed by atoms with E-state index in [1.54, 1.807) is 17.0 Å². The van der Waals surface area contributed by atoms with Crippen molar-refractivity contribution in [3.8, 4) is 5.88 Å². The molecule has 4 amide bonds. The topological polar surface area (TPSA) is 151 Å². The largest absolute Gasteiger partial charge is 0.474 e. The third kappa shape index (κ3) is 7.11. The summed E-state index contributed by atoms with van der Waals surface area (Å²) < 4.78 is 21.1. The number of benzene rings is 2. The number of urea groups is 1. The van der Waals surface area contributed by atoms with Crippen molar-refractivity contribution in [3.05, 3.63) is 83.1 Å². The van der Waals surface area contributed by atoms with Crippen LogP contribution in [0, 0.1) is 12.7 Å². The highest BCUT2D eigenvalue weighted by molar-refractivity contribution is 6.05. The first-order valence-corrected chi connectivity index (χ1v) is 19.3. The van der Waals surface area contributed by atoms with E-state index in [9.17, 15) is 14.4 Å². The van der Waals surface area contributed by atoms with Gasteiger partial charge in [0.15, 0.2) is 0 Å². The molecule has 3 N–H and O–H groups in total. The molecule has 0 atom stereocenters. The number of carbonyl (C=O) groups excluding carboxylic acids is 3. The van der Waals surface area contributed by atoms with Crippen LogP contribution in [0.4, 0.5) is 43.6 Å². The maximum atomic E-state index is 15.4. The number of imide groups is 1. The molecule has 0 bridgehead atoms. The molecule has 0 radical (unpaired) electrons. The number of amides is 4. The quantitative estimate of drug-likeness (QED) is 0.241. The minimum absolute atomic E-state index is 0.00149. The predicted octanol–water partition coefficient (Wildman–Crippen LogP) is 3.45. The summed E-state index contributed by atoms with van der Waals surface area (Å²) in [6.45, 7) is 9.72. The Labute approximate surface area is 323 Å². The van der Waals surface area contributed by atoms with E-state index >= 15 is 4.39 Å². The van der Waals surface area contributed by atoms with E-state index < -0.39 is 5.82 Å². The molecule has 290 valence electrons. The number of fused-ring (bicyclic) bond motifs is 2. The van der Waals surface area contributed by atoms with Crippen LogP contribution in [-0.4, -0.2) is 114 Å². The summed E-state index contributed by atoms with van der Waals surface area (Å²) in [4.78, 5) is 61.1. The predicted molar refractivity (Wildman–Crippen MR) is 209 cm³/mol. The first-order valence-electron chi connectivity index (χ1n) is 19.3. The molecule has 15 nitrogen and oxygen atoms in total. The molecule has 3 fully saturated rings. The van der Waals surface area contributed by atoms with Gasteiger partial charge < -0.3 is 30.1 Å². The number of pyridine rings is 1. The number of piperazine rings is 1. The Morgan fingerprint density at radius 2 is 1.75 bits per heavy atom. The Morgan fingerprint density at radius 1 is 0.946 bits per heavy atom. The number of rotatable bonds is 8.